The van der Waals surface area contributed by atoms with Gasteiger partial charge in [-0.2, -0.15) is 0 Å². The van der Waals surface area contributed by atoms with Crippen LogP contribution in [0.25, 0.3) is 11.0 Å². The molecule has 1 atom stereocenters. The molecule has 1 heterocycles. The Hall–Kier alpha value is -3.65. The van der Waals surface area contributed by atoms with E-state index in [1.54, 1.807) is 49.4 Å². The van der Waals surface area contributed by atoms with Crippen LogP contribution in [0.15, 0.2) is 75.6 Å². The monoisotopic (exact) mass is 525 g/mol. The van der Waals surface area contributed by atoms with Gasteiger partial charge in [0.05, 0.1) is 17.3 Å². The van der Waals surface area contributed by atoms with Gasteiger partial charge >= 0.3 is 0 Å². The van der Waals surface area contributed by atoms with Crippen LogP contribution in [0, 0.1) is 5.82 Å². The van der Waals surface area contributed by atoms with Crippen molar-refractivity contribution in [1.29, 1.82) is 0 Å². The predicted octanol–water partition coefficient (Wildman–Crippen LogP) is 6.37. The lowest BCUT2D eigenvalue weighted by Gasteiger charge is -2.17. The predicted molar refractivity (Wildman–Crippen MR) is 130 cm³/mol. The van der Waals surface area contributed by atoms with E-state index in [0.29, 0.717) is 38.9 Å². The van der Waals surface area contributed by atoms with Crippen molar-refractivity contribution in [3.8, 4) is 11.5 Å². The van der Waals surface area contributed by atoms with Gasteiger partial charge in [-0.3, -0.25) is 9.59 Å². The zero-order valence-corrected chi connectivity index (χ0v) is 20.0. The number of carbonyl (C=O) groups is 2. The first-order valence-corrected chi connectivity index (χ1v) is 11.3. The zero-order valence-electron chi connectivity index (χ0n) is 18.4. The third-order valence-electron chi connectivity index (χ3n) is 5.22. The van der Waals surface area contributed by atoms with Gasteiger partial charge in [0.1, 0.15) is 22.9 Å². The molecule has 34 heavy (non-hydrogen) atoms. The lowest BCUT2D eigenvalue weighted by Crippen LogP contribution is -2.32. The third-order valence-corrected chi connectivity index (χ3v) is 5.84. The topological polar surface area (TPSA) is 77.8 Å². The number of halogens is 2. The number of rotatable bonds is 8. The van der Waals surface area contributed by atoms with Crippen LogP contribution < -0.4 is 14.8 Å². The lowest BCUT2D eigenvalue weighted by atomic mass is 10.1. The Morgan fingerprint density at radius 1 is 1.09 bits per heavy atom. The van der Waals surface area contributed by atoms with Crippen molar-refractivity contribution in [2.45, 2.75) is 19.4 Å². The summed E-state index contributed by atoms with van der Waals surface area (Å²) in [6.45, 7) is 1.79. The minimum atomic E-state index is -0.864. The number of ketones is 1. The first-order valence-electron chi connectivity index (χ1n) is 10.5. The summed E-state index contributed by atoms with van der Waals surface area (Å²) < 4.78 is 30.7. The number of anilines is 1. The molecule has 8 heteroatoms. The maximum absolute atomic E-state index is 13.4. The van der Waals surface area contributed by atoms with Gasteiger partial charge in [-0.1, -0.05) is 19.1 Å². The number of amides is 1. The number of hydrogen-bond donors (Lipinski definition) is 1. The Kier molecular flexibility index (Phi) is 6.98. The van der Waals surface area contributed by atoms with Gasteiger partial charge in [-0.25, -0.2) is 4.39 Å². The zero-order chi connectivity index (χ0) is 24.2. The average molecular weight is 526 g/mol. The van der Waals surface area contributed by atoms with E-state index in [-0.39, 0.29) is 11.4 Å². The fraction of sp³-hybridized carbons (Fsp3) is 0.154. The number of methoxy groups -OCH3 is 1. The van der Waals surface area contributed by atoms with Gasteiger partial charge in [-0.05, 0) is 76.9 Å². The van der Waals surface area contributed by atoms with E-state index in [1.807, 2.05) is 0 Å². The van der Waals surface area contributed by atoms with Gasteiger partial charge in [0.15, 0.2) is 11.9 Å². The van der Waals surface area contributed by atoms with Gasteiger partial charge in [-0.15, -0.1) is 0 Å². The van der Waals surface area contributed by atoms with Gasteiger partial charge < -0.3 is 19.2 Å². The number of fused-ring (bicyclic) bond motifs is 1. The molecular formula is C26H21BrFNO5. The lowest BCUT2D eigenvalue weighted by molar-refractivity contribution is -0.122. The third kappa shape index (κ3) is 4.82. The Balaban J connectivity index is 1.67. The molecule has 6 nitrogen and oxygen atoms in total. The normalized spacial score (nSPS) is 11.8. The Morgan fingerprint density at radius 3 is 2.50 bits per heavy atom. The maximum Gasteiger partial charge on any atom is 0.265 e. The van der Waals surface area contributed by atoms with Crippen LogP contribution in [0.2, 0.25) is 0 Å². The summed E-state index contributed by atoms with van der Waals surface area (Å²) in [5.41, 5.74) is 1.08. The van der Waals surface area contributed by atoms with E-state index in [1.165, 1.54) is 31.4 Å². The molecule has 0 aliphatic rings. The van der Waals surface area contributed by atoms with Crippen molar-refractivity contribution in [3.63, 3.8) is 0 Å². The van der Waals surface area contributed by atoms with Gasteiger partial charge in [0, 0.05) is 10.9 Å². The van der Waals surface area contributed by atoms with E-state index in [9.17, 15) is 14.0 Å². The quantitative estimate of drug-likeness (QED) is 0.270. The first-order chi connectivity index (χ1) is 16.4. The van der Waals surface area contributed by atoms with Crippen LogP contribution >= 0.6 is 15.9 Å². The highest BCUT2D eigenvalue weighted by Crippen LogP contribution is 2.34. The standard InChI is InChI=1S/C26H21BrFNO5/c1-3-20(33-17-11-9-16(28)10-12-17)26(31)29-23-18-6-4-5-7-21(18)34-25(23)24(30)15-8-13-22(32-2)19(27)14-15/h4-14,20H,3H2,1-2H3,(H,29,31). The van der Waals surface area contributed by atoms with Gasteiger partial charge in [0.2, 0.25) is 5.78 Å². The first kappa shape index (κ1) is 23.5. The second-order valence-corrected chi connectivity index (χ2v) is 8.29. The largest absolute Gasteiger partial charge is 0.496 e. The Bertz CT molecular complexity index is 1350. The van der Waals surface area contributed by atoms with E-state index < -0.39 is 23.6 Å². The maximum atomic E-state index is 13.4. The van der Waals surface area contributed by atoms with Crippen LogP contribution in [0.4, 0.5) is 10.1 Å². The molecule has 1 N–H and O–H groups in total. The SMILES string of the molecule is CCC(Oc1ccc(F)cc1)C(=O)Nc1c(C(=O)c2ccc(OC)c(Br)c2)oc2ccccc12. The number of para-hydroxylation sites is 1. The summed E-state index contributed by atoms with van der Waals surface area (Å²) in [6.07, 6.45) is -0.509. The molecule has 1 amide bonds. The van der Waals surface area contributed by atoms with Crippen LogP contribution in [-0.4, -0.2) is 24.9 Å². The van der Waals surface area contributed by atoms with Crippen molar-refractivity contribution < 1.29 is 27.9 Å². The summed E-state index contributed by atoms with van der Waals surface area (Å²) >= 11 is 3.39. The van der Waals surface area contributed by atoms with E-state index in [0.717, 1.165) is 0 Å². The van der Waals surface area contributed by atoms with Crippen molar-refractivity contribution in [3.05, 3.63) is 88.3 Å². The smallest absolute Gasteiger partial charge is 0.265 e. The molecule has 0 bridgehead atoms. The minimum Gasteiger partial charge on any atom is -0.496 e. The number of hydrogen-bond acceptors (Lipinski definition) is 5. The molecule has 4 aromatic rings. The van der Waals surface area contributed by atoms with Crippen molar-refractivity contribution in [2.24, 2.45) is 0 Å². The number of nitrogens with one attached hydrogen (secondary N) is 1. The molecule has 0 aliphatic heterocycles. The average Bonchev–Trinajstić information content (AvgIpc) is 3.21. The summed E-state index contributed by atoms with van der Waals surface area (Å²) in [6, 6.07) is 17.4. The molecular weight excluding hydrogens is 505 g/mol. The molecule has 0 saturated heterocycles. The van der Waals surface area contributed by atoms with Crippen molar-refractivity contribution in [1.82, 2.24) is 0 Å². The fourth-order valence-corrected chi connectivity index (χ4v) is 4.01. The molecule has 0 fully saturated rings. The number of benzene rings is 3. The summed E-state index contributed by atoms with van der Waals surface area (Å²) in [4.78, 5) is 26.5. The second-order valence-electron chi connectivity index (χ2n) is 7.44. The molecule has 0 aliphatic carbocycles. The van der Waals surface area contributed by atoms with E-state index >= 15 is 0 Å². The summed E-state index contributed by atoms with van der Waals surface area (Å²) in [5.74, 6) is -0.310. The molecule has 0 saturated carbocycles. The molecule has 1 aromatic heterocycles. The molecule has 4 rings (SSSR count). The fourth-order valence-electron chi connectivity index (χ4n) is 3.47. The highest BCUT2D eigenvalue weighted by molar-refractivity contribution is 9.10. The van der Waals surface area contributed by atoms with Crippen LogP contribution in [0.1, 0.15) is 29.5 Å². The summed E-state index contributed by atoms with van der Waals surface area (Å²) in [5, 5.41) is 3.40. The van der Waals surface area contributed by atoms with E-state index in [2.05, 4.69) is 21.2 Å². The van der Waals surface area contributed by atoms with Crippen molar-refractivity contribution in [2.75, 3.05) is 12.4 Å². The van der Waals surface area contributed by atoms with Crippen LogP contribution in [-0.2, 0) is 4.79 Å². The molecule has 1 unspecified atom stereocenters. The second kappa shape index (κ2) is 10.1. The van der Waals surface area contributed by atoms with E-state index in [4.69, 9.17) is 13.9 Å². The molecule has 174 valence electrons. The highest BCUT2D eigenvalue weighted by Gasteiger charge is 2.27. The highest BCUT2D eigenvalue weighted by atomic mass is 79.9. The Morgan fingerprint density at radius 2 is 1.82 bits per heavy atom. The van der Waals surface area contributed by atoms with Crippen LogP contribution in [0.5, 0.6) is 11.5 Å². The summed E-state index contributed by atoms with van der Waals surface area (Å²) in [7, 11) is 1.53. The molecule has 3 aromatic carbocycles. The van der Waals surface area contributed by atoms with Crippen molar-refractivity contribution >= 4 is 44.3 Å². The van der Waals surface area contributed by atoms with Gasteiger partial charge in [0.25, 0.3) is 5.91 Å². The minimum absolute atomic E-state index is 0.00301. The number of carbonyl (C=O) groups excluding carboxylic acids is 2. The molecule has 0 spiro atoms. The number of ether oxygens (including phenoxy) is 2. The Labute approximate surface area is 203 Å². The van der Waals surface area contributed by atoms with Crippen LogP contribution in [0.3, 0.4) is 0 Å². The number of furan rings is 1. The molecule has 0 radical (unpaired) electrons.